The highest BCUT2D eigenvalue weighted by atomic mass is 15.1. The lowest BCUT2D eigenvalue weighted by Gasteiger charge is -2.32. The second-order valence-corrected chi connectivity index (χ2v) is 16.6. The predicted octanol–water partition coefficient (Wildman–Crippen LogP) is 17.2. The number of rotatable bonds is 9. The summed E-state index contributed by atoms with van der Waals surface area (Å²) < 4.78 is 0. The van der Waals surface area contributed by atoms with Crippen LogP contribution in [-0.4, -0.2) is 0 Å². The number of hydrogen-bond donors (Lipinski definition) is 0. The van der Waals surface area contributed by atoms with Crippen molar-refractivity contribution in [3.63, 3.8) is 0 Å². The van der Waals surface area contributed by atoms with Crippen molar-refractivity contribution in [1.82, 2.24) is 0 Å². The highest BCUT2D eigenvalue weighted by molar-refractivity contribution is 6.32. The van der Waals surface area contributed by atoms with Crippen molar-refractivity contribution in [3.05, 3.63) is 235 Å². The topological polar surface area (TPSA) is 3.24 Å². The van der Waals surface area contributed by atoms with Crippen molar-refractivity contribution in [2.45, 2.75) is 32.1 Å². The van der Waals surface area contributed by atoms with Crippen LogP contribution in [0.2, 0.25) is 0 Å². The van der Waals surface area contributed by atoms with Gasteiger partial charge in [-0.2, -0.15) is 0 Å². The van der Waals surface area contributed by atoms with Crippen LogP contribution in [0.5, 0.6) is 0 Å². The molecule has 0 N–H and O–H groups in total. The lowest BCUT2D eigenvalue weighted by Crippen LogP contribution is -2.23. The molecule has 1 aliphatic carbocycles. The third-order valence-corrected chi connectivity index (χ3v) is 13.5. The fraction of sp³-hybridized carbons (Fsp3) is 0.0820. The van der Waals surface area contributed by atoms with Gasteiger partial charge in [0.1, 0.15) is 0 Å². The van der Waals surface area contributed by atoms with Gasteiger partial charge in [0.25, 0.3) is 0 Å². The molecule has 0 radical (unpaired) electrons. The Balaban J connectivity index is 1.09. The number of fused-ring (bicyclic) bond motifs is 9. The molecule has 1 aliphatic rings. The summed E-state index contributed by atoms with van der Waals surface area (Å²) in [7, 11) is 0. The lowest BCUT2D eigenvalue weighted by molar-refractivity contribution is 0.490. The zero-order chi connectivity index (χ0) is 41.6. The van der Waals surface area contributed by atoms with E-state index in [1.165, 1.54) is 93.6 Å². The summed E-state index contributed by atoms with van der Waals surface area (Å²) in [5.74, 6) is 0. The largest absolute Gasteiger partial charge is 0.310 e. The summed E-state index contributed by atoms with van der Waals surface area (Å²) in [6.07, 6.45) is 6.75. The van der Waals surface area contributed by atoms with Gasteiger partial charge in [-0.15, -0.1) is 0 Å². The van der Waals surface area contributed by atoms with E-state index in [2.05, 4.69) is 243 Å². The van der Waals surface area contributed by atoms with Crippen LogP contribution >= 0.6 is 0 Å². The van der Waals surface area contributed by atoms with Crippen LogP contribution < -0.4 is 4.90 Å². The summed E-state index contributed by atoms with van der Waals surface area (Å²) >= 11 is 0. The zero-order valence-corrected chi connectivity index (χ0v) is 35.2. The van der Waals surface area contributed by atoms with E-state index in [9.17, 15) is 0 Å². The number of nitrogens with zero attached hydrogens (tertiary/aromatic N) is 1. The van der Waals surface area contributed by atoms with Crippen molar-refractivity contribution in [1.29, 1.82) is 0 Å². The molecule has 10 aromatic rings. The standard InChI is InChI=1S/C61H47N/c1-3-61(4-2)56-39-42(34-37-51(56)52-38-36-48(41-57(52)61)62(46-25-13-7-14-26-46)47-27-15-8-16-28-47)33-35-45-40-55(43-21-9-5-10-22-43)59-53-31-19-17-29-49(53)50-30-18-20-32-54(50)60(59)58(45)44-23-11-6-12-24-44/h5-41H,3-4H2,1-2H3. The van der Waals surface area contributed by atoms with Crippen molar-refractivity contribution in [3.8, 4) is 33.4 Å². The van der Waals surface area contributed by atoms with Gasteiger partial charge < -0.3 is 4.90 Å². The second kappa shape index (κ2) is 15.5. The molecule has 0 fully saturated rings. The van der Waals surface area contributed by atoms with E-state index in [4.69, 9.17) is 0 Å². The molecule has 0 unspecified atom stereocenters. The van der Waals surface area contributed by atoms with E-state index >= 15 is 0 Å². The highest BCUT2D eigenvalue weighted by Gasteiger charge is 2.41. The van der Waals surface area contributed by atoms with Crippen LogP contribution in [0.4, 0.5) is 17.1 Å². The number of para-hydroxylation sites is 2. The Kier molecular flexibility index (Phi) is 9.39. The maximum absolute atomic E-state index is 2.48. The summed E-state index contributed by atoms with van der Waals surface area (Å²) in [5, 5.41) is 7.70. The van der Waals surface area contributed by atoms with Crippen molar-refractivity contribution >= 4 is 61.5 Å². The average molecular weight is 794 g/mol. The number of anilines is 3. The van der Waals surface area contributed by atoms with Crippen LogP contribution in [0, 0.1) is 0 Å². The molecule has 62 heavy (non-hydrogen) atoms. The van der Waals surface area contributed by atoms with Crippen molar-refractivity contribution in [2.24, 2.45) is 0 Å². The van der Waals surface area contributed by atoms with Gasteiger partial charge in [-0.1, -0.05) is 196 Å². The number of hydrogen-bond acceptors (Lipinski definition) is 1. The fourth-order valence-electron chi connectivity index (χ4n) is 10.6. The Morgan fingerprint density at radius 3 is 1.45 bits per heavy atom. The quantitative estimate of drug-likeness (QED) is 0.104. The monoisotopic (exact) mass is 793 g/mol. The molecule has 0 saturated heterocycles. The van der Waals surface area contributed by atoms with Crippen LogP contribution in [0.25, 0.3) is 77.9 Å². The average Bonchev–Trinajstić information content (AvgIpc) is 3.62. The van der Waals surface area contributed by atoms with Crippen molar-refractivity contribution < 1.29 is 0 Å². The summed E-state index contributed by atoms with van der Waals surface area (Å²) in [5.41, 5.74) is 16.3. The van der Waals surface area contributed by atoms with E-state index in [1.54, 1.807) is 0 Å². The molecule has 0 saturated carbocycles. The molecule has 0 aliphatic heterocycles. The summed E-state index contributed by atoms with van der Waals surface area (Å²) in [4.78, 5) is 2.39. The van der Waals surface area contributed by atoms with E-state index < -0.39 is 0 Å². The Hall–Kier alpha value is -7.48. The molecule has 0 amide bonds. The third kappa shape index (κ3) is 6.07. The predicted molar refractivity (Wildman–Crippen MR) is 267 cm³/mol. The van der Waals surface area contributed by atoms with E-state index in [1.807, 2.05) is 0 Å². The van der Waals surface area contributed by atoms with Gasteiger partial charge in [-0.3, -0.25) is 0 Å². The normalized spacial score (nSPS) is 12.9. The zero-order valence-electron chi connectivity index (χ0n) is 35.2. The molecule has 1 heteroatoms. The first kappa shape index (κ1) is 37.5. The fourth-order valence-corrected chi connectivity index (χ4v) is 10.6. The van der Waals surface area contributed by atoms with E-state index in [-0.39, 0.29) is 5.41 Å². The van der Waals surface area contributed by atoms with E-state index in [0.717, 1.165) is 24.2 Å². The molecule has 1 nitrogen and oxygen atoms in total. The van der Waals surface area contributed by atoms with Gasteiger partial charge in [0.15, 0.2) is 0 Å². The third-order valence-electron chi connectivity index (χ3n) is 13.5. The van der Waals surface area contributed by atoms with Gasteiger partial charge in [-0.25, -0.2) is 0 Å². The van der Waals surface area contributed by atoms with Gasteiger partial charge in [0.2, 0.25) is 0 Å². The Labute approximate surface area is 364 Å². The second-order valence-electron chi connectivity index (χ2n) is 16.6. The van der Waals surface area contributed by atoms with Crippen LogP contribution in [-0.2, 0) is 5.41 Å². The van der Waals surface area contributed by atoms with Gasteiger partial charge in [-0.05, 0) is 143 Å². The number of benzene rings is 10. The summed E-state index contributed by atoms with van der Waals surface area (Å²) in [6, 6.07) is 78.1. The molecule has 0 atom stereocenters. The van der Waals surface area contributed by atoms with Crippen LogP contribution in [0.15, 0.2) is 212 Å². The molecule has 11 rings (SSSR count). The van der Waals surface area contributed by atoms with Crippen molar-refractivity contribution in [2.75, 3.05) is 4.90 Å². The first-order valence-electron chi connectivity index (χ1n) is 22.1. The minimum absolute atomic E-state index is 0.109. The smallest absolute Gasteiger partial charge is 0.0465 e. The van der Waals surface area contributed by atoms with Gasteiger partial charge >= 0.3 is 0 Å². The molecule has 0 spiro atoms. The van der Waals surface area contributed by atoms with Gasteiger partial charge in [0.05, 0.1) is 0 Å². The molecule has 10 aromatic carbocycles. The first-order valence-corrected chi connectivity index (χ1v) is 22.1. The molecule has 0 bridgehead atoms. The molecule has 0 aromatic heterocycles. The Morgan fingerprint density at radius 2 is 0.871 bits per heavy atom. The first-order chi connectivity index (χ1) is 30.7. The molecule has 296 valence electrons. The molecular weight excluding hydrogens is 747 g/mol. The lowest BCUT2D eigenvalue weighted by atomic mass is 9.73. The maximum atomic E-state index is 2.48. The minimum atomic E-state index is -0.109. The maximum Gasteiger partial charge on any atom is 0.0465 e. The SMILES string of the molecule is CCC1(CC)c2cc(C=Cc3cc(-c4ccccc4)c4c5ccccc5c5ccccc5c4c3-c3ccccc3)ccc2-c2ccc(N(c3ccccc3)c3ccccc3)cc21. The van der Waals surface area contributed by atoms with Crippen LogP contribution in [0.3, 0.4) is 0 Å². The Morgan fingerprint density at radius 1 is 0.387 bits per heavy atom. The van der Waals surface area contributed by atoms with Gasteiger partial charge in [0, 0.05) is 22.5 Å². The Bertz CT molecular complexity index is 3250. The van der Waals surface area contributed by atoms with Crippen LogP contribution in [0.1, 0.15) is 48.9 Å². The molecular formula is C61H47N. The highest BCUT2D eigenvalue weighted by Crippen LogP contribution is 2.55. The summed E-state index contributed by atoms with van der Waals surface area (Å²) in [6.45, 7) is 4.73. The molecule has 0 heterocycles. The van der Waals surface area contributed by atoms with E-state index in [0.29, 0.717) is 0 Å². The minimum Gasteiger partial charge on any atom is -0.310 e.